The van der Waals surface area contributed by atoms with E-state index in [0.29, 0.717) is 6.31 Å². The van der Waals surface area contributed by atoms with E-state index in [-0.39, 0.29) is 0 Å². The van der Waals surface area contributed by atoms with Gasteiger partial charge in [-0.2, -0.15) is 0 Å². The Balaban J connectivity index is 4.00. The maximum atomic E-state index is 7.25. The molecule has 0 bridgehead atoms. The van der Waals surface area contributed by atoms with E-state index in [9.17, 15) is 0 Å². The van der Waals surface area contributed by atoms with Gasteiger partial charge >= 0.3 is 0 Å². The predicted octanol–water partition coefficient (Wildman–Crippen LogP) is -0.152. The molecule has 0 atom stereocenters. The molecular weight excluding hydrogens is 88.1 g/mol. The smallest absolute Gasteiger partial charge is 0.233 e. The van der Waals surface area contributed by atoms with Crippen LogP contribution in [0.3, 0.4) is 0 Å². The Morgan fingerprint density at radius 2 is 2.00 bits per heavy atom. The molecule has 0 aromatic heterocycles. The molecule has 0 aliphatic heterocycles. The molecule has 0 saturated carbocycles. The minimum Gasteiger partial charge on any atom is -0.274 e. The largest absolute Gasteiger partial charge is 0.274 e. The Labute approximate surface area is 46.5 Å². The molecular formula is C5H13N2+. The van der Waals surface area contributed by atoms with E-state index in [0.717, 1.165) is 0 Å². The van der Waals surface area contributed by atoms with E-state index in [1.807, 2.05) is 28.2 Å². The normalized spacial score (nSPS) is 10.0. The average Bonchev–Trinajstić information content (AvgIpc) is 1.64. The summed E-state index contributed by atoms with van der Waals surface area (Å²) in [6.45, 7) is 0. The van der Waals surface area contributed by atoms with Crippen molar-refractivity contribution in [3.05, 3.63) is 0 Å². The zero-order valence-corrected chi connectivity index (χ0v) is 5.39. The average molecular weight is 102 g/mol. The fourth-order valence-electron chi connectivity index (χ4n) is 0.400. The van der Waals surface area contributed by atoms with Gasteiger partial charge in [0.15, 0.2) is 1.37 Å². The Hall–Kier alpha value is -0.530. The molecule has 0 aliphatic carbocycles. The zero-order chi connectivity index (χ0) is 6.73. The van der Waals surface area contributed by atoms with Gasteiger partial charge in [0.25, 0.3) is 0 Å². The standard InChI is InChI=1S/C5H13N2/c1-6(2)5-7(3)4/h5H,1-4H3/q+1/i5D. The van der Waals surface area contributed by atoms with Crippen molar-refractivity contribution >= 4 is 6.31 Å². The molecule has 0 aromatic rings. The van der Waals surface area contributed by atoms with Crippen molar-refractivity contribution in [3.63, 3.8) is 0 Å². The zero-order valence-electron chi connectivity index (χ0n) is 6.39. The fraction of sp³-hybridized carbons (Fsp3) is 0.800. The maximum Gasteiger partial charge on any atom is 0.233 e. The number of hydrogen-bond donors (Lipinski definition) is 0. The van der Waals surface area contributed by atoms with Gasteiger partial charge in [-0.05, 0) is 0 Å². The monoisotopic (exact) mass is 102 g/mol. The summed E-state index contributed by atoms with van der Waals surface area (Å²) in [7, 11) is 7.40. The van der Waals surface area contributed by atoms with Crippen LogP contribution in [0, 0.1) is 0 Å². The summed E-state index contributed by atoms with van der Waals surface area (Å²) in [4.78, 5) is 1.75. The second kappa shape index (κ2) is 2.61. The Morgan fingerprint density at radius 1 is 1.57 bits per heavy atom. The highest BCUT2D eigenvalue weighted by Crippen LogP contribution is 1.59. The second-order valence-corrected chi connectivity index (χ2v) is 1.89. The summed E-state index contributed by atoms with van der Waals surface area (Å²) in [6.07, 6.45) is 0.519. The third kappa shape index (κ3) is 5.47. The van der Waals surface area contributed by atoms with Gasteiger partial charge in [0.1, 0.15) is 0 Å². The van der Waals surface area contributed by atoms with E-state index in [1.165, 1.54) is 0 Å². The summed E-state index contributed by atoms with van der Waals surface area (Å²) in [5.74, 6) is 0. The van der Waals surface area contributed by atoms with E-state index in [1.54, 1.807) is 9.48 Å². The molecule has 0 heterocycles. The second-order valence-electron chi connectivity index (χ2n) is 1.89. The molecule has 42 valence electrons. The first-order valence-electron chi connectivity index (χ1n) is 2.74. The highest BCUT2D eigenvalue weighted by Gasteiger charge is 1.82. The van der Waals surface area contributed by atoms with Crippen molar-refractivity contribution in [2.24, 2.45) is 0 Å². The van der Waals surface area contributed by atoms with Crippen molar-refractivity contribution in [1.82, 2.24) is 4.90 Å². The predicted molar refractivity (Wildman–Crippen MR) is 31.9 cm³/mol. The van der Waals surface area contributed by atoms with Gasteiger partial charge in [0, 0.05) is 0 Å². The van der Waals surface area contributed by atoms with Crippen LogP contribution in [0.1, 0.15) is 1.37 Å². The van der Waals surface area contributed by atoms with Crippen LogP contribution in [0.2, 0.25) is 0 Å². The first kappa shape index (κ1) is 4.62. The Kier molecular flexibility index (Phi) is 1.72. The van der Waals surface area contributed by atoms with Crippen LogP contribution in [-0.2, 0) is 0 Å². The molecule has 7 heavy (non-hydrogen) atoms. The Morgan fingerprint density at radius 3 is 2.00 bits per heavy atom. The third-order valence-corrected chi connectivity index (χ3v) is 0.400. The molecule has 2 heteroatoms. The van der Waals surface area contributed by atoms with Crippen LogP contribution in [0.25, 0.3) is 0 Å². The highest BCUT2D eigenvalue weighted by molar-refractivity contribution is 5.47. The van der Waals surface area contributed by atoms with Crippen LogP contribution in [0.5, 0.6) is 0 Å². The number of amidine groups is 1. The topological polar surface area (TPSA) is 6.25 Å². The lowest BCUT2D eigenvalue weighted by molar-refractivity contribution is -0.464. The highest BCUT2D eigenvalue weighted by atomic mass is 15.1. The molecule has 0 aromatic carbocycles. The number of hydrogen-bond acceptors (Lipinski definition) is 0. The van der Waals surface area contributed by atoms with Crippen LogP contribution < -0.4 is 0 Å². The summed E-state index contributed by atoms with van der Waals surface area (Å²) in [6, 6.07) is 0. The van der Waals surface area contributed by atoms with Gasteiger partial charge in [-0.25, -0.2) is 0 Å². The van der Waals surface area contributed by atoms with Crippen LogP contribution in [0.15, 0.2) is 0 Å². The van der Waals surface area contributed by atoms with Gasteiger partial charge in [-0.15, -0.1) is 0 Å². The third-order valence-electron chi connectivity index (χ3n) is 0.400. The van der Waals surface area contributed by atoms with Crippen LogP contribution >= 0.6 is 0 Å². The lowest BCUT2D eigenvalue weighted by Crippen LogP contribution is -2.15. The molecule has 0 amide bonds. The molecule has 0 aliphatic rings. The van der Waals surface area contributed by atoms with Crippen molar-refractivity contribution in [3.8, 4) is 0 Å². The van der Waals surface area contributed by atoms with Crippen molar-refractivity contribution in [2.45, 2.75) is 0 Å². The molecule has 2 nitrogen and oxygen atoms in total. The van der Waals surface area contributed by atoms with Crippen LogP contribution in [0.4, 0.5) is 0 Å². The van der Waals surface area contributed by atoms with Gasteiger partial charge in [0.2, 0.25) is 6.31 Å². The van der Waals surface area contributed by atoms with E-state index in [4.69, 9.17) is 1.37 Å². The first-order valence-corrected chi connectivity index (χ1v) is 2.24. The molecule has 0 saturated heterocycles. The molecule has 0 fully saturated rings. The lowest BCUT2D eigenvalue weighted by Gasteiger charge is -1.95. The van der Waals surface area contributed by atoms with Gasteiger partial charge in [-0.1, -0.05) is 0 Å². The number of nitrogens with zero attached hydrogens (tertiary/aromatic N) is 2. The summed E-state index contributed by atoms with van der Waals surface area (Å²) in [5.41, 5.74) is 0. The van der Waals surface area contributed by atoms with Crippen molar-refractivity contribution in [1.29, 1.82) is 0 Å². The summed E-state index contributed by atoms with van der Waals surface area (Å²) in [5, 5.41) is 0. The number of rotatable bonds is 0. The fourth-order valence-corrected chi connectivity index (χ4v) is 0.400. The van der Waals surface area contributed by atoms with E-state index in [2.05, 4.69) is 0 Å². The van der Waals surface area contributed by atoms with Gasteiger partial charge in [0.05, 0.1) is 28.2 Å². The van der Waals surface area contributed by atoms with Crippen molar-refractivity contribution < 1.29 is 5.95 Å². The SMILES string of the molecule is [2H]C(N(C)C)=[N+](C)C. The molecule has 0 radical (unpaired) electrons. The molecule has 0 unspecified atom stereocenters. The molecule has 0 N–H and O–H groups in total. The Bertz CT molecular complexity index is 103. The van der Waals surface area contributed by atoms with Gasteiger partial charge in [-0.3, -0.25) is 9.48 Å². The summed E-state index contributed by atoms with van der Waals surface area (Å²) < 4.78 is 9.00. The first-order chi connectivity index (χ1) is 3.55. The minimum atomic E-state index is 0.519. The lowest BCUT2D eigenvalue weighted by atomic mass is 10.9. The quantitative estimate of drug-likeness (QED) is 0.234. The molecule has 0 spiro atoms. The van der Waals surface area contributed by atoms with E-state index < -0.39 is 0 Å². The van der Waals surface area contributed by atoms with Crippen LogP contribution in [-0.4, -0.2) is 44.0 Å². The van der Waals surface area contributed by atoms with E-state index >= 15 is 0 Å². The van der Waals surface area contributed by atoms with Crippen molar-refractivity contribution in [2.75, 3.05) is 28.2 Å². The van der Waals surface area contributed by atoms with Gasteiger partial charge < -0.3 is 0 Å². The minimum absolute atomic E-state index is 0.519. The molecule has 0 rings (SSSR count). The summed E-state index contributed by atoms with van der Waals surface area (Å²) >= 11 is 0. The maximum absolute atomic E-state index is 7.25.